The van der Waals surface area contributed by atoms with E-state index in [9.17, 15) is 4.79 Å². The highest BCUT2D eigenvalue weighted by Gasteiger charge is 2.07. The second-order valence-corrected chi connectivity index (χ2v) is 7.63. The number of carbonyl (C=O) groups is 1. The fourth-order valence-corrected chi connectivity index (χ4v) is 3.65. The molecule has 2 heterocycles. The maximum absolute atomic E-state index is 11.0. The van der Waals surface area contributed by atoms with Crippen LogP contribution in [0.2, 0.25) is 9.62 Å². The minimum absolute atomic E-state index is 0.340. The van der Waals surface area contributed by atoms with Gasteiger partial charge in [0.05, 0.1) is 10.4 Å². The average molecular weight is 423 g/mol. The Balaban J connectivity index is 1.47. The van der Waals surface area contributed by atoms with Crippen LogP contribution >= 0.6 is 34.5 Å². The monoisotopic (exact) mass is 422 g/mol. The number of hydrogen-bond acceptors (Lipinski definition) is 6. The Kier molecular flexibility index (Phi) is 6.63. The van der Waals surface area contributed by atoms with E-state index in [2.05, 4.69) is 15.3 Å². The number of nitrogens with two attached hydrogens (primary N) is 1. The summed E-state index contributed by atoms with van der Waals surface area (Å²) in [6.07, 6.45) is 2.25. The minimum Gasteiger partial charge on any atom is -0.439 e. The zero-order valence-corrected chi connectivity index (χ0v) is 16.4. The smallest absolute Gasteiger partial charge is 0.250 e. The van der Waals surface area contributed by atoms with Crippen LogP contribution in [0.4, 0.5) is 0 Å². The van der Waals surface area contributed by atoms with Gasteiger partial charge in [-0.1, -0.05) is 35.3 Å². The van der Waals surface area contributed by atoms with Gasteiger partial charge >= 0.3 is 0 Å². The number of thiazole rings is 1. The normalized spacial score (nSPS) is 10.7. The Labute approximate surface area is 170 Å². The van der Waals surface area contributed by atoms with Crippen LogP contribution in [0, 0.1) is 0 Å². The Morgan fingerprint density at radius 1 is 1.19 bits per heavy atom. The second kappa shape index (κ2) is 9.14. The maximum atomic E-state index is 11.0. The van der Waals surface area contributed by atoms with E-state index in [4.69, 9.17) is 33.7 Å². The number of nitrogens with one attached hydrogen (secondary N) is 1. The molecule has 0 aliphatic heterocycles. The van der Waals surface area contributed by atoms with E-state index in [1.165, 1.54) is 23.1 Å². The van der Waals surface area contributed by atoms with Crippen molar-refractivity contribution >= 4 is 40.4 Å². The molecule has 0 saturated carbocycles. The van der Waals surface area contributed by atoms with Gasteiger partial charge in [-0.25, -0.2) is 9.97 Å². The topological polar surface area (TPSA) is 90.1 Å². The molecule has 0 aliphatic rings. The molecular weight excluding hydrogens is 407 g/mol. The average Bonchev–Trinajstić information content (AvgIpc) is 2.98. The van der Waals surface area contributed by atoms with Gasteiger partial charge in [-0.05, 0) is 36.7 Å². The van der Waals surface area contributed by atoms with Crippen LogP contribution < -0.4 is 15.8 Å². The molecule has 6 nitrogen and oxygen atoms in total. The first kappa shape index (κ1) is 19.6. The number of rotatable bonds is 8. The SMILES string of the molecule is NC(=O)c1ccc(Oc2ccc(CCNCc3sc(Cl)nc3Cl)cc2)nc1. The van der Waals surface area contributed by atoms with Gasteiger partial charge in [-0.2, -0.15) is 0 Å². The zero-order valence-electron chi connectivity index (χ0n) is 14.1. The van der Waals surface area contributed by atoms with Crippen LogP contribution in [0.1, 0.15) is 20.8 Å². The zero-order chi connectivity index (χ0) is 19.2. The second-order valence-electron chi connectivity index (χ2n) is 5.60. The number of amides is 1. The number of nitrogens with zero attached hydrogens (tertiary/aromatic N) is 2. The van der Waals surface area contributed by atoms with Crippen molar-refractivity contribution in [2.45, 2.75) is 13.0 Å². The fourth-order valence-electron chi connectivity index (χ4n) is 2.28. The number of ether oxygens (including phenoxy) is 1. The number of hydrogen-bond donors (Lipinski definition) is 2. The number of benzene rings is 1. The highest BCUT2D eigenvalue weighted by atomic mass is 35.5. The standard InChI is InChI=1S/C18H16Cl2N4O2S/c19-16-14(27-18(20)24-16)10-22-8-7-11-1-4-13(5-2-11)26-15-6-3-12(9-23-15)17(21)25/h1-6,9,22H,7-8,10H2,(H2,21,25). The van der Waals surface area contributed by atoms with Gasteiger partial charge in [-0.3, -0.25) is 4.79 Å². The third kappa shape index (κ3) is 5.64. The Hall–Kier alpha value is -2.19. The van der Waals surface area contributed by atoms with Gasteiger partial charge in [0.1, 0.15) is 10.9 Å². The van der Waals surface area contributed by atoms with Crippen molar-refractivity contribution in [3.05, 3.63) is 68.2 Å². The molecule has 0 saturated heterocycles. The molecule has 0 spiro atoms. The molecule has 0 radical (unpaired) electrons. The molecule has 2 aromatic heterocycles. The van der Waals surface area contributed by atoms with Crippen molar-refractivity contribution in [1.29, 1.82) is 0 Å². The number of pyridine rings is 1. The van der Waals surface area contributed by atoms with E-state index in [0.29, 0.717) is 33.4 Å². The Bertz CT molecular complexity index is 914. The van der Waals surface area contributed by atoms with Crippen LogP contribution in [-0.2, 0) is 13.0 Å². The van der Waals surface area contributed by atoms with E-state index in [-0.39, 0.29) is 0 Å². The summed E-state index contributed by atoms with van der Waals surface area (Å²) in [5.41, 5.74) is 6.69. The maximum Gasteiger partial charge on any atom is 0.250 e. The number of primary amides is 1. The molecule has 0 unspecified atom stereocenters. The van der Waals surface area contributed by atoms with E-state index >= 15 is 0 Å². The first-order valence-electron chi connectivity index (χ1n) is 8.05. The lowest BCUT2D eigenvalue weighted by molar-refractivity contribution is 0.1000. The first-order valence-corrected chi connectivity index (χ1v) is 9.62. The summed E-state index contributed by atoms with van der Waals surface area (Å²) in [4.78, 5) is 20.0. The first-order chi connectivity index (χ1) is 13.0. The van der Waals surface area contributed by atoms with Crippen molar-refractivity contribution in [3.63, 3.8) is 0 Å². The van der Waals surface area contributed by atoms with Gasteiger partial charge in [0, 0.05) is 18.8 Å². The Morgan fingerprint density at radius 3 is 2.56 bits per heavy atom. The molecule has 27 heavy (non-hydrogen) atoms. The lowest BCUT2D eigenvalue weighted by Gasteiger charge is -2.07. The molecule has 3 aromatic rings. The molecule has 9 heteroatoms. The summed E-state index contributed by atoms with van der Waals surface area (Å²) in [7, 11) is 0. The number of carbonyl (C=O) groups excluding carboxylic acids is 1. The molecular formula is C18H16Cl2N4O2S. The van der Waals surface area contributed by atoms with Gasteiger partial charge in [0.25, 0.3) is 0 Å². The molecule has 0 atom stereocenters. The minimum atomic E-state index is -0.521. The van der Waals surface area contributed by atoms with Gasteiger partial charge in [0.2, 0.25) is 11.8 Å². The Morgan fingerprint density at radius 2 is 1.96 bits per heavy atom. The van der Waals surface area contributed by atoms with Crippen molar-refractivity contribution in [3.8, 4) is 11.6 Å². The quantitative estimate of drug-likeness (QED) is 0.533. The van der Waals surface area contributed by atoms with Crippen LogP contribution in [-0.4, -0.2) is 22.4 Å². The van der Waals surface area contributed by atoms with Gasteiger partial charge < -0.3 is 15.8 Å². The summed E-state index contributed by atoms with van der Waals surface area (Å²) in [5, 5.41) is 3.78. The molecule has 3 N–H and O–H groups in total. The third-order valence-corrected chi connectivity index (χ3v) is 5.25. The summed E-state index contributed by atoms with van der Waals surface area (Å²) >= 11 is 13.2. The summed E-state index contributed by atoms with van der Waals surface area (Å²) < 4.78 is 6.11. The van der Waals surface area contributed by atoms with Crippen molar-refractivity contribution in [2.24, 2.45) is 5.73 Å². The van der Waals surface area contributed by atoms with E-state index < -0.39 is 5.91 Å². The van der Waals surface area contributed by atoms with Crippen molar-refractivity contribution < 1.29 is 9.53 Å². The molecule has 1 amide bonds. The van der Waals surface area contributed by atoms with Gasteiger partial charge in [0.15, 0.2) is 4.47 Å². The fraction of sp³-hybridized carbons (Fsp3) is 0.167. The highest BCUT2D eigenvalue weighted by molar-refractivity contribution is 7.16. The van der Waals surface area contributed by atoms with E-state index in [1.807, 2.05) is 24.3 Å². The summed E-state index contributed by atoms with van der Waals surface area (Å²) in [6.45, 7) is 1.43. The third-order valence-electron chi connectivity index (χ3n) is 3.67. The molecule has 1 aromatic carbocycles. The molecule has 0 fully saturated rings. The van der Waals surface area contributed by atoms with Gasteiger partial charge in [-0.15, -0.1) is 11.3 Å². The van der Waals surface area contributed by atoms with Crippen LogP contribution in [0.15, 0.2) is 42.6 Å². The predicted octanol–water partition coefficient (Wildman–Crippen LogP) is 4.07. The van der Waals surface area contributed by atoms with Crippen LogP contribution in [0.25, 0.3) is 0 Å². The molecule has 3 rings (SSSR count). The largest absolute Gasteiger partial charge is 0.439 e. The molecule has 0 aliphatic carbocycles. The van der Waals surface area contributed by atoms with E-state index in [1.54, 1.807) is 12.1 Å². The lowest BCUT2D eigenvalue weighted by Crippen LogP contribution is -2.16. The van der Waals surface area contributed by atoms with Crippen LogP contribution in [0.5, 0.6) is 11.6 Å². The highest BCUT2D eigenvalue weighted by Crippen LogP contribution is 2.26. The lowest BCUT2D eigenvalue weighted by atomic mass is 10.1. The van der Waals surface area contributed by atoms with Crippen LogP contribution in [0.3, 0.4) is 0 Å². The summed E-state index contributed by atoms with van der Waals surface area (Å²) in [5.74, 6) is 0.541. The predicted molar refractivity (Wildman–Crippen MR) is 107 cm³/mol. The van der Waals surface area contributed by atoms with E-state index in [0.717, 1.165) is 17.8 Å². The number of aromatic nitrogens is 2. The van der Waals surface area contributed by atoms with Crippen molar-refractivity contribution in [1.82, 2.24) is 15.3 Å². The molecule has 0 bridgehead atoms. The van der Waals surface area contributed by atoms with Crippen molar-refractivity contribution in [2.75, 3.05) is 6.54 Å². The summed E-state index contributed by atoms with van der Waals surface area (Å²) in [6, 6.07) is 10.9. The molecule has 140 valence electrons. The number of halogens is 2.